The summed E-state index contributed by atoms with van der Waals surface area (Å²) in [6.07, 6.45) is 5.47. The number of ether oxygens (including phenoxy) is 1. The zero-order chi connectivity index (χ0) is 22.1. The lowest BCUT2D eigenvalue weighted by atomic mass is 9.63. The standard InChI is InChI=1S/C27H25NO4/c1-14-7-8-16(11-15(14)2)22(29)13-32-23-6-4-3-5-21(23)28-26(30)24-17-9-10-18(20-12-19(17)20)25(24)27(28)31/h3-11,17-20,24-25H,12-13H2,1-2H3/t17-,18-,19-,20-,24-,25+/m1/s1. The van der Waals surface area contributed by atoms with Crippen molar-refractivity contribution in [1.82, 2.24) is 0 Å². The lowest BCUT2D eigenvalue weighted by Gasteiger charge is -2.37. The maximum absolute atomic E-state index is 13.4. The number of Topliss-reactive ketones (excluding diaryl/α,β-unsaturated/α-hetero) is 1. The fraction of sp³-hybridized carbons (Fsp3) is 0.370. The van der Waals surface area contributed by atoms with Gasteiger partial charge < -0.3 is 4.74 Å². The normalized spacial score (nSPS) is 31.5. The topological polar surface area (TPSA) is 63.7 Å². The van der Waals surface area contributed by atoms with Crippen molar-refractivity contribution < 1.29 is 19.1 Å². The van der Waals surface area contributed by atoms with E-state index in [0.29, 0.717) is 28.8 Å². The molecule has 0 N–H and O–H groups in total. The quantitative estimate of drug-likeness (QED) is 0.409. The van der Waals surface area contributed by atoms with Crippen LogP contribution in [0.25, 0.3) is 0 Å². The van der Waals surface area contributed by atoms with Gasteiger partial charge in [0.1, 0.15) is 5.75 Å². The molecular weight excluding hydrogens is 402 g/mol. The van der Waals surface area contributed by atoms with Crippen molar-refractivity contribution in [2.45, 2.75) is 20.3 Å². The van der Waals surface area contributed by atoms with Gasteiger partial charge in [-0.05, 0) is 73.3 Å². The van der Waals surface area contributed by atoms with E-state index in [0.717, 1.165) is 17.5 Å². The smallest absolute Gasteiger partial charge is 0.238 e. The van der Waals surface area contributed by atoms with E-state index in [2.05, 4.69) is 12.2 Å². The molecule has 0 unspecified atom stereocenters. The van der Waals surface area contributed by atoms with Crippen LogP contribution in [0.5, 0.6) is 5.75 Å². The number of para-hydroxylation sites is 2. The maximum Gasteiger partial charge on any atom is 0.238 e. The lowest BCUT2D eigenvalue weighted by Crippen LogP contribution is -2.40. The van der Waals surface area contributed by atoms with Crippen LogP contribution in [0, 0.1) is 49.4 Å². The van der Waals surface area contributed by atoms with Gasteiger partial charge in [0.2, 0.25) is 11.8 Å². The number of carbonyl (C=O) groups is 3. The van der Waals surface area contributed by atoms with Crippen LogP contribution in [0.3, 0.4) is 0 Å². The van der Waals surface area contributed by atoms with Gasteiger partial charge in [-0.2, -0.15) is 0 Å². The monoisotopic (exact) mass is 427 g/mol. The number of anilines is 1. The molecule has 1 heterocycles. The molecule has 2 aromatic rings. The number of nitrogens with zero attached hydrogens (tertiary/aromatic N) is 1. The number of carbonyl (C=O) groups excluding carboxylic acids is 3. The van der Waals surface area contributed by atoms with Gasteiger partial charge in [-0.15, -0.1) is 0 Å². The molecule has 0 radical (unpaired) electrons. The fourth-order valence-corrected chi connectivity index (χ4v) is 6.10. The van der Waals surface area contributed by atoms with Crippen LogP contribution < -0.4 is 9.64 Å². The van der Waals surface area contributed by atoms with Gasteiger partial charge in [0.05, 0.1) is 17.5 Å². The molecule has 2 bridgehead atoms. The minimum Gasteiger partial charge on any atom is -0.483 e. The van der Waals surface area contributed by atoms with Gasteiger partial charge in [-0.25, -0.2) is 4.90 Å². The Morgan fingerprint density at radius 2 is 1.59 bits per heavy atom. The second kappa shape index (κ2) is 6.89. The number of benzene rings is 2. The summed E-state index contributed by atoms with van der Waals surface area (Å²) in [5.74, 6) is 0.954. The molecule has 5 nitrogen and oxygen atoms in total. The van der Waals surface area contributed by atoms with Crippen molar-refractivity contribution in [2.75, 3.05) is 11.5 Å². The molecule has 2 amide bonds. The van der Waals surface area contributed by atoms with Crippen LogP contribution in [0.15, 0.2) is 54.6 Å². The molecule has 162 valence electrons. The van der Waals surface area contributed by atoms with Crippen LogP contribution >= 0.6 is 0 Å². The van der Waals surface area contributed by atoms with Crippen molar-refractivity contribution in [2.24, 2.45) is 35.5 Å². The van der Waals surface area contributed by atoms with E-state index in [4.69, 9.17) is 4.74 Å². The van der Waals surface area contributed by atoms with E-state index < -0.39 is 0 Å². The second-order valence-electron chi connectivity index (χ2n) is 9.65. The van der Waals surface area contributed by atoms with Crippen molar-refractivity contribution >= 4 is 23.3 Å². The van der Waals surface area contributed by atoms with Crippen LogP contribution in [0.4, 0.5) is 5.69 Å². The molecule has 32 heavy (non-hydrogen) atoms. The largest absolute Gasteiger partial charge is 0.483 e. The van der Waals surface area contributed by atoms with Crippen LogP contribution in [-0.2, 0) is 9.59 Å². The summed E-state index contributed by atoms with van der Waals surface area (Å²) < 4.78 is 5.87. The third-order valence-corrected chi connectivity index (χ3v) is 7.96. The molecule has 1 aliphatic heterocycles. The van der Waals surface area contributed by atoms with Gasteiger partial charge in [-0.1, -0.05) is 36.4 Å². The van der Waals surface area contributed by atoms with E-state index in [9.17, 15) is 14.4 Å². The molecule has 2 saturated carbocycles. The number of allylic oxidation sites excluding steroid dienone is 2. The summed E-state index contributed by atoms with van der Waals surface area (Å²) >= 11 is 0. The highest BCUT2D eigenvalue weighted by atomic mass is 16.5. The fourth-order valence-electron chi connectivity index (χ4n) is 6.10. The third kappa shape index (κ3) is 2.73. The molecule has 3 fully saturated rings. The zero-order valence-electron chi connectivity index (χ0n) is 18.2. The Kier molecular flexibility index (Phi) is 4.19. The second-order valence-corrected chi connectivity index (χ2v) is 9.65. The molecule has 0 spiro atoms. The molecule has 4 aliphatic carbocycles. The Morgan fingerprint density at radius 1 is 0.938 bits per heavy atom. The number of rotatable bonds is 5. The maximum atomic E-state index is 13.4. The van der Waals surface area contributed by atoms with Gasteiger partial charge in [0.15, 0.2) is 12.4 Å². The summed E-state index contributed by atoms with van der Waals surface area (Å²) in [7, 11) is 0. The summed E-state index contributed by atoms with van der Waals surface area (Å²) in [6.45, 7) is 3.82. The SMILES string of the molecule is Cc1ccc(C(=O)COc2ccccc2N2C(=O)[C@@H]3[C@@H]4C=C[C@H]([C@H]5C[C@H]45)[C@@H]3C2=O)cc1C. The Bertz CT molecular complexity index is 1160. The van der Waals surface area contributed by atoms with Crippen LogP contribution in [0.2, 0.25) is 0 Å². The number of imide groups is 1. The zero-order valence-corrected chi connectivity index (χ0v) is 18.2. The summed E-state index contributed by atoms with van der Waals surface area (Å²) in [4.78, 5) is 40.9. The van der Waals surface area contributed by atoms with E-state index in [1.165, 1.54) is 4.90 Å². The third-order valence-electron chi connectivity index (χ3n) is 7.96. The predicted molar refractivity (Wildman–Crippen MR) is 119 cm³/mol. The average Bonchev–Trinajstić information content (AvgIpc) is 3.58. The molecular formula is C27H25NO4. The number of amides is 2. The average molecular weight is 428 g/mol. The van der Waals surface area contributed by atoms with E-state index in [1.54, 1.807) is 30.3 Å². The minimum atomic E-state index is -0.258. The molecule has 7 rings (SSSR count). The predicted octanol–water partition coefficient (Wildman–Crippen LogP) is 4.12. The van der Waals surface area contributed by atoms with Crippen molar-refractivity contribution in [3.05, 3.63) is 71.3 Å². The Balaban J connectivity index is 1.25. The molecule has 5 heteroatoms. The minimum absolute atomic E-state index is 0.124. The first kappa shape index (κ1) is 19.5. The Labute approximate surface area is 187 Å². The van der Waals surface area contributed by atoms with Crippen molar-refractivity contribution in [1.29, 1.82) is 0 Å². The van der Waals surface area contributed by atoms with Crippen molar-refractivity contribution in [3.63, 3.8) is 0 Å². The van der Waals surface area contributed by atoms with Gasteiger partial charge in [-0.3, -0.25) is 14.4 Å². The molecule has 6 atom stereocenters. The first-order valence-corrected chi connectivity index (χ1v) is 11.3. The summed E-state index contributed by atoms with van der Waals surface area (Å²) in [5.41, 5.74) is 3.21. The van der Waals surface area contributed by atoms with Gasteiger partial charge in [0.25, 0.3) is 0 Å². The van der Waals surface area contributed by atoms with Crippen LogP contribution in [-0.4, -0.2) is 24.2 Å². The summed E-state index contributed by atoms with van der Waals surface area (Å²) in [6, 6.07) is 12.6. The number of hydrogen-bond donors (Lipinski definition) is 0. The lowest BCUT2D eigenvalue weighted by molar-refractivity contribution is -0.124. The molecule has 5 aliphatic rings. The first-order chi connectivity index (χ1) is 15.5. The molecule has 0 aromatic heterocycles. The molecule has 2 aromatic carbocycles. The number of ketones is 1. The highest BCUT2D eigenvalue weighted by molar-refractivity contribution is 6.23. The van der Waals surface area contributed by atoms with E-state index in [1.807, 2.05) is 26.0 Å². The van der Waals surface area contributed by atoms with Gasteiger partial charge in [0, 0.05) is 5.56 Å². The molecule has 1 saturated heterocycles. The highest BCUT2D eigenvalue weighted by Gasteiger charge is 2.67. The number of hydrogen-bond acceptors (Lipinski definition) is 4. The van der Waals surface area contributed by atoms with E-state index in [-0.39, 0.29) is 47.9 Å². The summed E-state index contributed by atoms with van der Waals surface area (Å²) in [5, 5.41) is 0. The Morgan fingerprint density at radius 3 is 2.25 bits per heavy atom. The van der Waals surface area contributed by atoms with Crippen LogP contribution in [0.1, 0.15) is 27.9 Å². The van der Waals surface area contributed by atoms with E-state index >= 15 is 0 Å². The number of aryl methyl sites for hydroxylation is 2. The highest BCUT2D eigenvalue weighted by Crippen LogP contribution is 2.65. The Hall–Kier alpha value is -3.21. The van der Waals surface area contributed by atoms with Crippen molar-refractivity contribution in [3.8, 4) is 5.75 Å². The first-order valence-electron chi connectivity index (χ1n) is 11.3. The van der Waals surface area contributed by atoms with Gasteiger partial charge >= 0.3 is 0 Å².